The van der Waals surface area contributed by atoms with Gasteiger partial charge >= 0.3 is 0 Å². The van der Waals surface area contributed by atoms with Crippen LogP contribution in [-0.4, -0.2) is 17.6 Å². The average molecular weight is 343 g/mol. The molecule has 0 aromatic heterocycles. The van der Waals surface area contributed by atoms with Crippen LogP contribution in [0.5, 0.6) is 0 Å². The predicted octanol–water partition coefficient (Wildman–Crippen LogP) is 3.01. The van der Waals surface area contributed by atoms with Gasteiger partial charge in [0.15, 0.2) is 5.82 Å². The first kappa shape index (κ1) is 16.5. The molecule has 1 fully saturated rings. The van der Waals surface area contributed by atoms with Crippen molar-refractivity contribution in [3.63, 3.8) is 0 Å². The summed E-state index contributed by atoms with van der Waals surface area (Å²) in [7, 11) is 0. The third-order valence-electron chi connectivity index (χ3n) is 4.42. The van der Waals surface area contributed by atoms with Crippen molar-refractivity contribution in [2.45, 2.75) is 44.2 Å². The maximum atomic E-state index is 14.6. The number of rotatable bonds is 2. The number of alkyl halides is 2. The Kier molecular flexibility index (Phi) is 4.10. The summed E-state index contributed by atoms with van der Waals surface area (Å²) in [6.07, 6.45) is 0.311. The van der Waals surface area contributed by atoms with E-state index >= 15 is 0 Å². The first-order valence-electron chi connectivity index (χ1n) is 7.61. The second-order valence-corrected chi connectivity index (χ2v) is 5.91. The number of nitrogens with two attached hydrogens (primary N) is 2. The molecule has 1 saturated carbocycles. The van der Waals surface area contributed by atoms with Gasteiger partial charge in [0.05, 0.1) is 11.3 Å². The largest absolute Gasteiger partial charge is 0.369 e. The zero-order chi connectivity index (χ0) is 17.5. The summed E-state index contributed by atoms with van der Waals surface area (Å²) in [5.41, 5.74) is 9.07. The van der Waals surface area contributed by atoms with E-state index in [1.54, 1.807) is 0 Å². The minimum atomic E-state index is -3.29. The first-order valence-corrected chi connectivity index (χ1v) is 7.61. The lowest BCUT2D eigenvalue weighted by Gasteiger charge is -2.45. The first-order chi connectivity index (χ1) is 11.4. The van der Waals surface area contributed by atoms with Crippen LogP contribution in [-0.2, 0) is 0 Å². The van der Waals surface area contributed by atoms with Gasteiger partial charge in [-0.25, -0.2) is 22.6 Å². The summed E-state index contributed by atoms with van der Waals surface area (Å²) in [5.74, 6) is -2.85. The number of nitrogens with zero attached hydrogens (tertiary/aromatic N) is 3. The Hall–Kier alpha value is -2.32. The second kappa shape index (κ2) is 5.95. The molecule has 1 aromatic rings. The third-order valence-corrected chi connectivity index (χ3v) is 4.42. The van der Waals surface area contributed by atoms with Crippen LogP contribution in [0.25, 0.3) is 0 Å². The van der Waals surface area contributed by atoms with Crippen molar-refractivity contribution in [1.29, 1.82) is 0 Å². The van der Waals surface area contributed by atoms with Gasteiger partial charge in [-0.15, -0.1) is 0 Å². The Balaban J connectivity index is 2.16. The number of benzene rings is 1. The van der Waals surface area contributed by atoms with Gasteiger partial charge < -0.3 is 11.5 Å². The molecular formula is C15H17F4N5. The van der Waals surface area contributed by atoms with Crippen molar-refractivity contribution < 1.29 is 17.6 Å². The van der Waals surface area contributed by atoms with Crippen molar-refractivity contribution in [2.24, 2.45) is 21.5 Å². The quantitative estimate of drug-likeness (QED) is 0.810. The molecule has 130 valence electrons. The third kappa shape index (κ3) is 2.57. The van der Waals surface area contributed by atoms with Crippen molar-refractivity contribution in [3.8, 4) is 0 Å². The molecule has 1 aliphatic carbocycles. The molecule has 4 N–H and O–H groups in total. The van der Waals surface area contributed by atoms with Crippen LogP contribution in [0, 0.1) is 11.6 Å². The highest BCUT2D eigenvalue weighted by Gasteiger charge is 2.44. The molecule has 9 heteroatoms. The monoisotopic (exact) mass is 343 g/mol. The van der Waals surface area contributed by atoms with Gasteiger partial charge in [-0.1, -0.05) is 6.42 Å². The van der Waals surface area contributed by atoms with Crippen LogP contribution < -0.4 is 16.4 Å². The van der Waals surface area contributed by atoms with Crippen LogP contribution in [0.1, 0.15) is 44.1 Å². The molecule has 0 atom stereocenters. The van der Waals surface area contributed by atoms with E-state index in [-0.39, 0.29) is 17.6 Å². The van der Waals surface area contributed by atoms with Gasteiger partial charge in [-0.05, 0) is 37.8 Å². The summed E-state index contributed by atoms with van der Waals surface area (Å²) in [4.78, 5) is 9.42. The lowest BCUT2D eigenvalue weighted by molar-refractivity contribution is 0.141. The number of aliphatic imine (C=N–C) groups is 2. The highest BCUT2D eigenvalue weighted by molar-refractivity contribution is 6.05. The van der Waals surface area contributed by atoms with Crippen LogP contribution in [0.2, 0.25) is 0 Å². The van der Waals surface area contributed by atoms with Gasteiger partial charge in [-0.2, -0.15) is 4.99 Å². The molecule has 2 aliphatic rings. The molecular weight excluding hydrogens is 326 g/mol. The molecule has 0 amide bonds. The predicted molar refractivity (Wildman–Crippen MR) is 82.9 cm³/mol. The zero-order valence-electron chi connectivity index (χ0n) is 12.8. The standard InChI is InChI=1S/C15H17F4N5/c16-8-4-5-9(11(17)10(8)12(18)19)24-14(21)22-13(20)23-15(24)6-2-1-3-7-15/h4-5,12H,1-3,6-7H2,(H4,20,21,22,23). The Labute approximate surface area is 136 Å². The molecule has 1 aromatic carbocycles. The molecule has 0 saturated heterocycles. The van der Waals surface area contributed by atoms with Crippen molar-refractivity contribution in [1.82, 2.24) is 0 Å². The molecule has 3 rings (SSSR count). The number of halogens is 4. The van der Waals surface area contributed by atoms with Gasteiger partial charge in [0.1, 0.15) is 11.5 Å². The van der Waals surface area contributed by atoms with E-state index in [9.17, 15) is 17.6 Å². The van der Waals surface area contributed by atoms with E-state index < -0.39 is 29.3 Å². The van der Waals surface area contributed by atoms with Crippen LogP contribution in [0.15, 0.2) is 22.1 Å². The minimum Gasteiger partial charge on any atom is -0.369 e. The van der Waals surface area contributed by atoms with Gasteiger partial charge in [0.2, 0.25) is 11.9 Å². The zero-order valence-corrected chi connectivity index (χ0v) is 12.8. The summed E-state index contributed by atoms with van der Waals surface area (Å²) in [5, 5.41) is 0. The van der Waals surface area contributed by atoms with Gasteiger partial charge in [0, 0.05) is 0 Å². The summed E-state index contributed by atoms with van der Waals surface area (Å²) >= 11 is 0. The van der Waals surface area contributed by atoms with E-state index in [0.29, 0.717) is 12.8 Å². The normalized spacial score (nSPS) is 20.3. The molecule has 0 radical (unpaired) electrons. The fourth-order valence-corrected chi connectivity index (χ4v) is 3.40. The van der Waals surface area contributed by atoms with Gasteiger partial charge in [0.25, 0.3) is 6.43 Å². The lowest BCUT2D eigenvalue weighted by atomic mass is 9.87. The fourth-order valence-electron chi connectivity index (χ4n) is 3.40. The van der Waals surface area contributed by atoms with E-state index in [2.05, 4.69) is 9.98 Å². The van der Waals surface area contributed by atoms with E-state index in [1.165, 1.54) is 4.90 Å². The fraction of sp³-hybridized carbons (Fsp3) is 0.467. The van der Waals surface area contributed by atoms with E-state index in [4.69, 9.17) is 11.5 Å². The molecule has 5 nitrogen and oxygen atoms in total. The highest BCUT2D eigenvalue weighted by Crippen LogP contribution is 2.42. The number of hydrogen-bond donors (Lipinski definition) is 2. The van der Waals surface area contributed by atoms with Crippen LogP contribution in [0.3, 0.4) is 0 Å². The molecule has 1 aliphatic heterocycles. The molecule has 0 bridgehead atoms. The number of anilines is 1. The Morgan fingerprint density at radius 2 is 1.75 bits per heavy atom. The van der Waals surface area contributed by atoms with Crippen molar-refractivity contribution in [2.75, 3.05) is 4.90 Å². The Morgan fingerprint density at radius 1 is 1.08 bits per heavy atom. The summed E-state index contributed by atoms with van der Waals surface area (Å²) in [6, 6.07) is 1.87. The van der Waals surface area contributed by atoms with Crippen molar-refractivity contribution in [3.05, 3.63) is 29.3 Å². The highest BCUT2D eigenvalue weighted by atomic mass is 19.3. The topological polar surface area (TPSA) is 80.0 Å². The smallest absolute Gasteiger partial charge is 0.269 e. The number of guanidine groups is 2. The summed E-state index contributed by atoms with van der Waals surface area (Å²) in [6.45, 7) is 0. The molecule has 24 heavy (non-hydrogen) atoms. The Morgan fingerprint density at radius 3 is 2.38 bits per heavy atom. The van der Waals surface area contributed by atoms with E-state index in [0.717, 1.165) is 31.4 Å². The van der Waals surface area contributed by atoms with E-state index in [1.807, 2.05) is 0 Å². The van der Waals surface area contributed by atoms with Crippen molar-refractivity contribution >= 4 is 17.6 Å². The molecule has 1 spiro atoms. The maximum Gasteiger partial charge on any atom is 0.269 e. The SMILES string of the molecule is NC1=NC2(CCCCC2)N(c2ccc(F)c(C(F)F)c2F)C(N)=N1. The minimum absolute atomic E-state index is 0.0396. The second-order valence-electron chi connectivity index (χ2n) is 5.91. The molecule has 1 heterocycles. The Bertz CT molecular complexity index is 710. The average Bonchev–Trinajstić information content (AvgIpc) is 2.49. The number of hydrogen-bond acceptors (Lipinski definition) is 5. The van der Waals surface area contributed by atoms with Crippen LogP contribution >= 0.6 is 0 Å². The van der Waals surface area contributed by atoms with Crippen LogP contribution in [0.4, 0.5) is 23.2 Å². The lowest BCUT2D eigenvalue weighted by Crippen LogP contribution is -2.58. The van der Waals surface area contributed by atoms with Gasteiger partial charge in [-0.3, -0.25) is 4.90 Å². The summed E-state index contributed by atoms with van der Waals surface area (Å²) < 4.78 is 54.3. The molecule has 0 unspecified atom stereocenters. The maximum absolute atomic E-state index is 14.6.